The highest BCUT2D eigenvalue weighted by Gasteiger charge is 2.76. The third kappa shape index (κ3) is 5.25. The summed E-state index contributed by atoms with van der Waals surface area (Å²) in [6.07, 6.45) is -8.60. The normalized spacial score (nSPS) is 29.2. The molecular formula is C19H24F6O7S. The smallest absolute Gasteiger partial charge is 0.438 e. The topological polar surface area (TPSA) is 107 Å². The van der Waals surface area contributed by atoms with Crippen LogP contribution >= 0.6 is 0 Å². The standard InChI is InChI=1S/C19H24F6O7S/c20-18(21,22)17(19(23,24)25,9-33(28,29)30)32-16(27)14-11-7-6-10(8-11)13(14)15(26)31-12-4-2-1-3-5-12/h10-14H,1-9H2,(H,28,29,30). The van der Waals surface area contributed by atoms with Gasteiger partial charge in [0.25, 0.3) is 10.1 Å². The zero-order chi connectivity index (χ0) is 24.8. The monoisotopic (exact) mass is 510 g/mol. The molecule has 0 amide bonds. The lowest BCUT2D eigenvalue weighted by Gasteiger charge is -2.38. The van der Waals surface area contributed by atoms with E-state index in [2.05, 4.69) is 4.74 Å². The van der Waals surface area contributed by atoms with Crippen LogP contribution in [0.25, 0.3) is 0 Å². The molecule has 3 aliphatic rings. The number of hydrogen-bond donors (Lipinski definition) is 1. The Labute approximate surface area is 185 Å². The minimum Gasteiger partial charge on any atom is -0.462 e. The van der Waals surface area contributed by atoms with Crippen molar-refractivity contribution in [2.24, 2.45) is 23.7 Å². The second kappa shape index (κ2) is 8.90. The van der Waals surface area contributed by atoms with Crippen LogP contribution in [0.15, 0.2) is 0 Å². The van der Waals surface area contributed by atoms with E-state index in [1.165, 1.54) is 0 Å². The van der Waals surface area contributed by atoms with Crippen LogP contribution in [-0.4, -0.2) is 54.7 Å². The van der Waals surface area contributed by atoms with E-state index in [4.69, 9.17) is 9.29 Å². The summed E-state index contributed by atoms with van der Waals surface area (Å²) in [5.41, 5.74) is -5.48. The van der Waals surface area contributed by atoms with Gasteiger partial charge in [-0.05, 0) is 56.8 Å². The van der Waals surface area contributed by atoms with Crippen LogP contribution in [0.1, 0.15) is 51.4 Å². The first-order valence-electron chi connectivity index (χ1n) is 10.6. The van der Waals surface area contributed by atoms with Gasteiger partial charge in [-0.2, -0.15) is 34.8 Å². The van der Waals surface area contributed by atoms with Crippen LogP contribution in [0.4, 0.5) is 26.3 Å². The van der Waals surface area contributed by atoms with E-state index >= 15 is 0 Å². The summed E-state index contributed by atoms with van der Waals surface area (Å²) in [5.74, 6) is -9.86. The number of carbonyl (C=O) groups is 2. The molecule has 1 N–H and O–H groups in total. The fraction of sp³-hybridized carbons (Fsp3) is 0.895. The van der Waals surface area contributed by atoms with Gasteiger partial charge in [0.2, 0.25) is 0 Å². The van der Waals surface area contributed by atoms with Gasteiger partial charge in [0.1, 0.15) is 11.9 Å². The minimum absolute atomic E-state index is 0.230. The highest BCUT2D eigenvalue weighted by atomic mass is 32.2. The van der Waals surface area contributed by atoms with E-state index in [9.17, 15) is 44.3 Å². The minimum atomic E-state index is -6.41. The summed E-state index contributed by atoms with van der Waals surface area (Å²) in [4.78, 5) is 25.5. The lowest BCUT2D eigenvalue weighted by molar-refractivity contribution is -0.362. The van der Waals surface area contributed by atoms with Gasteiger partial charge in [0, 0.05) is 0 Å². The third-order valence-electron chi connectivity index (χ3n) is 6.87. The number of carbonyl (C=O) groups excluding carboxylic acids is 2. The second-order valence-electron chi connectivity index (χ2n) is 9.05. The Morgan fingerprint density at radius 3 is 1.76 bits per heavy atom. The predicted octanol–water partition coefficient (Wildman–Crippen LogP) is 3.82. The van der Waals surface area contributed by atoms with Crippen molar-refractivity contribution < 1.29 is 58.4 Å². The van der Waals surface area contributed by atoms with Crippen LogP contribution in [0, 0.1) is 23.7 Å². The van der Waals surface area contributed by atoms with E-state index in [1.54, 1.807) is 0 Å². The molecule has 14 heteroatoms. The van der Waals surface area contributed by atoms with E-state index in [-0.39, 0.29) is 6.42 Å². The van der Waals surface area contributed by atoms with Crippen LogP contribution in [0.3, 0.4) is 0 Å². The van der Waals surface area contributed by atoms with E-state index in [1.807, 2.05) is 0 Å². The van der Waals surface area contributed by atoms with Gasteiger partial charge < -0.3 is 9.47 Å². The molecule has 4 unspecified atom stereocenters. The van der Waals surface area contributed by atoms with Gasteiger partial charge in [0.15, 0.2) is 0 Å². The van der Waals surface area contributed by atoms with Crippen LogP contribution in [0.5, 0.6) is 0 Å². The molecule has 4 atom stereocenters. The Hall–Kier alpha value is -1.57. The SMILES string of the molecule is O=C(OC1CCCCC1)C1C2CCC(C2)C1C(=O)OC(CS(=O)(=O)O)(C(F)(F)F)C(F)(F)F. The van der Waals surface area contributed by atoms with Gasteiger partial charge in [-0.15, -0.1) is 0 Å². The summed E-state index contributed by atoms with van der Waals surface area (Å²) < 4.78 is 121. The van der Waals surface area contributed by atoms with Crippen molar-refractivity contribution in [2.45, 2.75) is 75.4 Å². The average Bonchev–Trinajstić information content (AvgIpc) is 3.26. The number of ether oxygens (including phenoxy) is 2. The first-order valence-corrected chi connectivity index (χ1v) is 12.2. The number of hydrogen-bond acceptors (Lipinski definition) is 6. The Kier molecular flexibility index (Phi) is 7.02. The Balaban J connectivity index is 1.89. The maximum absolute atomic E-state index is 13.5. The number of rotatable bonds is 6. The molecule has 7 nitrogen and oxygen atoms in total. The Morgan fingerprint density at radius 1 is 0.818 bits per heavy atom. The number of fused-ring (bicyclic) bond motifs is 2. The number of esters is 2. The highest BCUT2D eigenvalue weighted by Crippen LogP contribution is 2.55. The third-order valence-corrected chi connectivity index (χ3v) is 7.64. The molecule has 3 saturated carbocycles. The molecule has 0 aromatic carbocycles. The van der Waals surface area contributed by atoms with Gasteiger partial charge in [-0.3, -0.25) is 14.1 Å². The zero-order valence-corrected chi connectivity index (χ0v) is 18.1. The van der Waals surface area contributed by atoms with Gasteiger partial charge >= 0.3 is 29.9 Å². The van der Waals surface area contributed by atoms with Crippen molar-refractivity contribution in [3.8, 4) is 0 Å². The van der Waals surface area contributed by atoms with Crippen molar-refractivity contribution in [1.29, 1.82) is 0 Å². The molecule has 2 bridgehead atoms. The largest absolute Gasteiger partial charge is 0.462 e. The maximum Gasteiger partial charge on any atom is 0.438 e. The van der Waals surface area contributed by atoms with E-state index in [0.717, 1.165) is 19.3 Å². The van der Waals surface area contributed by atoms with Gasteiger partial charge in [-0.25, -0.2) is 0 Å². The molecule has 0 aromatic rings. The van der Waals surface area contributed by atoms with Crippen LogP contribution in [-0.2, 0) is 29.2 Å². The van der Waals surface area contributed by atoms with Crippen molar-refractivity contribution in [3.63, 3.8) is 0 Å². The molecule has 0 heterocycles. The van der Waals surface area contributed by atoms with Crippen molar-refractivity contribution >= 4 is 22.1 Å². The van der Waals surface area contributed by atoms with Crippen molar-refractivity contribution in [2.75, 3.05) is 5.75 Å². The Morgan fingerprint density at radius 2 is 1.30 bits per heavy atom. The predicted molar refractivity (Wildman–Crippen MR) is 98.1 cm³/mol. The lowest BCUT2D eigenvalue weighted by Crippen LogP contribution is -2.64. The zero-order valence-electron chi connectivity index (χ0n) is 17.3. The lowest BCUT2D eigenvalue weighted by atomic mass is 9.79. The van der Waals surface area contributed by atoms with Crippen molar-refractivity contribution in [1.82, 2.24) is 0 Å². The first-order chi connectivity index (χ1) is 15.1. The fourth-order valence-corrected chi connectivity index (χ4v) is 6.26. The van der Waals surface area contributed by atoms with Gasteiger partial charge in [0.05, 0.1) is 11.8 Å². The molecule has 3 fully saturated rings. The molecule has 33 heavy (non-hydrogen) atoms. The molecule has 0 aromatic heterocycles. The number of alkyl halides is 6. The molecule has 0 radical (unpaired) electrons. The summed E-state index contributed by atoms with van der Waals surface area (Å²) >= 11 is 0. The summed E-state index contributed by atoms with van der Waals surface area (Å²) in [7, 11) is -5.89. The molecular weight excluding hydrogens is 486 g/mol. The van der Waals surface area contributed by atoms with Gasteiger partial charge in [-0.1, -0.05) is 6.42 Å². The number of halogens is 6. The molecule has 0 saturated heterocycles. The first kappa shape index (κ1) is 26.0. The molecule has 190 valence electrons. The van der Waals surface area contributed by atoms with Crippen LogP contribution < -0.4 is 0 Å². The molecule has 3 rings (SSSR count). The Bertz CT molecular complexity index is 849. The average molecular weight is 510 g/mol. The fourth-order valence-electron chi connectivity index (χ4n) is 5.36. The van der Waals surface area contributed by atoms with Crippen LogP contribution in [0.2, 0.25) is 0 Å². The second-order valence-corrected chi connectivity index (χ2v) is 10.5. The summed E-state index contributed by atoms with van der Waals surface area (Å²) in [6.45, 7) is 0. The van der Waals surface area contributed by atoms with E-state index < -0.39 is 75.5 Å². The highest BCUT2D eigenvalue weighted by molar-refractivity contribution is 7.85. The quantitative estimate of drug-likeness (QED) is 0.329. The molecule has 3 aliphatic carbocycles. The summed E-state index contributed by atoms with van der Waals surface area (Å²) in [5, 5.41) is 0. The van der Waals surface area contributed by atoms with Crippen molar-refractivity contribution in [3.05, 3.63) is 0 Å². The molecule has 0 aliphatic heterocycles. The summed E-state index contributed by atoms with van der Waals surface area (Å²) in [6, 6.07) is 0. The maximum atomic E-state index is 13.5. The van der Waals surface area contributed by atoms with E-state index in [0.29, 0.717) is 25.7 Å². The molecule has 0 spiro atoms.